The number of anilines is 1. The molecule has 2 aromatic rings. The average Bonchev–Trinajstić information content (AvgIpc) is 2.68. The number of aryl methyl sites for hydroxylation is 2. The number of nitrogens with zero attached hydrogens (tertiary/aromatic N) is 2. The second-order valence-electron chi connectivity index (χ2n) is 7.64. The first-order valence-electron chi connectivity index (χ1n) is 10.0. The monoisotopic (exact) mass is 411 g/mol. The summed E-state index contributed by atoms with van der Waals surface area (Å²) < 4.78 is 13.1. The van der Waals surface area contributed by atoms with Gasteiger partial charge < -0.3 is 15.1 Å². The number of piperazine rings is 1. The smallest absolute Gasteiger partial charge is 0.312 e. The number of hydrogen-bond acceptors (Lipinski definition) is 3. The normalized spacial score (nSPS) is 15.3. The van der Waals surface area contributed by atoms with Gasteiger partial charge in [-0.2, -0.15) is 0 Å². The highest BCUT2D eigenvalue weighted by Crippen LogP contribution is 2.18. The predicted molar refractivity (Wildman–Crippen MR) is 112 cm³/mol. The van der Waals surface area contributed by atoms with E-state index < -0.39 is 17.9 Å². The molecule has 2 aromatic carbocycles. The Bertz CT molecular complexity index is 938. The van der Waals surface area contributed by atoms with Crippen molar-refractivity contribution in [2.24, 2.45) is 0 Å². The molecular weight excluding hydrogens is 385 g/mol. The van der Waals surface area contributed by atoms with Gasteiger partial charge in [-0.3, -0.25) is 14.4 Å². The van der Waals surface area contributed by atoms with Crippen LogP contribution in [-0.2, 0) is 20.9 Å². The van der Waals surface area contributed by atoms with Gasteiger partial charge in [0.2, 0.25) is 5.91 Å². The highest BCUT2D eigenvalue weighted by atomic mass is 19.1. The van der Waals surface area contributed by atoms with E-state index in [1.807, 2.05) is 39.0 Å². The highest BCUT2D eigenvalue weighted by Gasteiger charge is 2.38. The van der Waals surface area contributed by atoms with Crippen molar-refractivity contribution in [3.8, 4) is 0 Å². The maximum atomic E-state index is 13.1. The van der Waals surface area contributed by atoms with E-state index in [1.165, 1.54) is 21.9 Å². The zero-order valence-electron chi connectivity index (χ0n) is 17.4. The fraction of sp³-hybridized carbons (Fsp3) is 0.348. The predicted octanol–water partition coefficient (Wildman–Crippen LogP) is 3.03. The lowest BCUT2D eigenvalue weighted by atomic mass is 10.1. The Morgan fingerprint density at radius 1 is 1.03 bits per heavy atom. The number of nitrogens with one attached hydrogen (secondary N) is 1. The molecule has 0 spiro atoms. The largest absolute Gasteiger partial charge is 0.328 e. The van der Waals surface area contributed by atoms with E-state index in [0.717, 1.165) is 16.7 Å². The first-order chi connectivity index (χ1) is 14.3. The van der Waals surface area contributed by atoms with Gasteiger partial charge in [0.25, 0.3) is 0 Å². The summed E-state index contributed by atoms with van der Waals surface area (Å²) >= 11 is 0. The second kappa shape index (κ2) is 9.07. The van der Waals surface area contributed by atoms with Crippen LogP contribution in [-0.4, -0.2) is 46.7 Å². The van der Waals surface area contributed by atoms with Crippen molar-refractivity contribution in [3.05, 3.63) is 65.0 Å². The zero-order valence-corrected chi connectivity index (χ0v) is 17.4. The lowest BCUT2D eigenvalue weighted by Crippen LogP contribution is -2.59. The van der Waals surface area contributed by atoms with Crippen LogP contribution in [0.15, 0.2) is 42.5 Å². The molecule has 3 rings (SSSR count). The standard InChI is InChI=1S/C23H26FN3O3/c1-4-20(21(28)25-19-12-15(2)11-16(3)13-19)27-10-9-26(22(29)23(27)30)14-17-5-7-18(24)8-6-17/h5-8,11-13,20H,4,9-10,14H2,1-3H3,(H,25,28)/t20-/m0/s1. The van der Waals surface area contributed by atoms with Gasteiger partial charge in [0.1, 0.15) is 11.9 Å². The number of halogens is 1. The highest BCUT2D eigenvalue weighted by molar-refractivity contribution is 6.35. The van der Waals surface area contributed by atoms with Crippen molar-refractivity contribution < 1.29 is 18.8 Å². The molecule has 1 saturated heterocycles. The van der Waals surface area contributed by atoms with E-state index in [2.05, 4.69) is 5.32 Å². The molecule has 1 fully saturated rings. The van der Waals surface area contributed by atoms with Gasteiger partial charge in [-0.25, -0.2) is 4.39 Å². The summed E-state index contributed by atoms with van der Waals surface area (Å²) in [4.78, 5) is 41.0. The Kier molecular flexibility index (Phi) is 6.50. The van der Waals surface area contributed by atoms with E-state index in [4.69, 9.17) is 0 Å². The molecule has 3 amide bonds. The van der Waals surface area contributed by atoms with Gasteiger partial charge in [0.05, 0.1) is 0 Å². The van der Waals surface area contributed by atoms with Crippen LogP contribution in [0.25, 0.3) is 0 Å². The summed E-state index contributed by atoms with van der Waals surface area (Å²) in [6.45, 7) is 6.52. The van der Waals surface area contributed by atoms with Crippen molar-refractivity contribution in [3.63, 3.8) is 0 Å². The minimum Gasteiger partial charge on any atom is -0.328 e. The van der Waals surface area contributed by atoms with Crippen LogP contribution >= 0.6 is 0 Å². The maximum absolute atomic E-state index is 13.1. The summed E-state index contributed by atoms with van der Waals surface area (Å²) in [5, 5.41) is 2.87. The van der Waals surface area contributed by atoms with Gasteiger partial charge in [-0.05, 0) is 61.2 Å². The summed E-state index contributed by atoms with van der Waals surface area (Å²) in [5.41, 5.74) is 3.47. The third-order valence-electron chi connectivity index (χ3n) is 5.18. The second-order valence-corrected chi connectivity index (χ2v) is 7.64. The Morgan fingerprint density at radius 3 is 2.27 bits per heavy atom. The third kappa shape index (κ3) is 4.84. The number of benzene rings is 2. The van der Waals surface area contributed by atoms with Crippen molar-refractivity contribution in [2.75, 3.05) is 18.4 Å². The van der Waals surface area contributed by atoms with Crippen molar-refractivity contribution >= 4 is 23.4 Å². The molecule has 1 N–H and O–H groups in total. The van der Waals surface area contributed by atoms with Crippen LogP contribution in [0.3, 0.4) is 0 Å². The van der Waals surface area contributed by atoms with Crippen LogP contribution in [0.2, 0.25) is 0 Å². The lowest BCUT2D eigenvalue weighted by Gasteiger charge is -2.37. The van der Waals surface area contributed by atoms with Gasteiger partial charge in [0.15, 0.2) is 0 Å². The molecule has 1 atom stereocenters. The molecule has 0 aliphatic carbocycles. The minimum absolute atomic E-state index is 0.226. The number of amides is 3. The van der Waals surface area contributed by atoms with Crippen LogP contribution in [0.1, 0.15) is 30.0 Å². The molecule has 158 valence electrons. The summed E-state index contributed by atoms with van der Waals surface area (Å²) in [6, 6.07) is 10.8. The fourth-order valence-electron chi connectivity index (χ4n) is 3.77. The van der Waals surface area contributed by atoms with E-state index in [9.17, 15) is 18.8 Å². The Hall–Kier alpha value is -3.22. The molecule has 1 aliphatic heterocycles. The van der Waals surface area contributed by atoms with Gasteiger partial charge >= 0.3 is 11.8 Å². The topological polar surface area (TPSA) is 69.7 Å². The molecule has 0 aromatic heterocycles. The van der Waals surface area contributed by atoms with Gasteiger partial charge in [-0.1, -0.05) is 25.1 Å². The number of hydrogen-bond donors (Lipinski definition) is 1. The fourth-order valence-corrected chi connectivity index (χ4v) is 3.77. The van der Waals surface area contributed by atoms with Crippen molar-refractivity contribution in [2.45, 2.75) is 39.8 Å². The van der Waals surface area contributed by atoms with Crippen molar-refractivity contribution in [1.29, 1.82) is 0 Å². The molecule has 0 unspecified atom stereocenters. The Labute approximate surface area is 175 Å². The molecule has 1 heterocycles. The molecule has 7 heteroatoms. The number of carbonyl (C=O) groups is 3. The molecule has 0 radical (unpaired) electrons. The van der Waals surface area contributed by atoms with E-state index in [-0.39, 0.29) is 24.8 Å². The summed E-state index contributed by atoms with van der Waals surface area (Å²) in [7, 11) is 0. The molecule has 0 bridgehead atoms. The quantitative estimate of drug-likeness (QED) is 0.743. The van der Waals surface area contributed by atoms with E-state index >= 15 is 0 Å². The summed E-state index contributed by atoms with van der Waals surface area (Å²) in [6.07, 6.45) is 0.396. The molecule has 0 saturated carbocycles. The van der Waals surface area contributed by atoms with Crippen LogP contribution < -0.4 is 5.32 Å². The van der Waals surface area contributed by atoms with Crippen LogP contribution in [0.5, 0.6) is 0 Å². The molecule has 6 nitrogen and oxygen atoms in total. The minimum atomic E-state index is -0.727. The number of rotatable bonds is 6. The Morgan fingerprint density at radius 2 is 1.67 bits per heavy atom. The van der Waals surface area contributed by atoms with E-state index in [1.54, 1.807) is 12.1 Å². The molecular formula is C23H26FN3O3. The molecule has 30 heavy (non-hydrogen) atoms. The Balaban J connectivity index is 1.68. The average molecular weight is 411 g/mol. The maximum Gasteiger partial charge on any atom is 0.312 e. The third-order valence-corrected chi connectivity index (χ3v) is 5.18. The zero-order chi connectivity index (χ0) is 21.8. The number of carbonyl (C=O) groups excluding carboxylic acids is 3. The van der Waals surface area contributed by atoms with Crippen molar-refractivity contribution in [1.82, 2.24) is 9.80 Å². The molecule has 1 aliphatic rings. The van der Waals surface area contributed by atoms with Crippen LogP contribution in [0, 0.1) is 19.7 Å². The lowest BCUT2D eigenvalue weighted by molar-refractivity contribution is -0.159. The summed E-state index contributed by atoms with van der Waals surface area (Å²) in [5.74, 6) is -2.00. The van der Waals surface area contributed by atoms with Gasteiger partial charge in [0, 0.05) is 25.3 Å². The first-order valence-corrected chi connectivity index (χ1v) is 10.0. The first kappa shape index (κ1) is 21.5. The van der Waals surface area contributed by atoms with E-state index in [0.29, 0.717) is 18.7 Å². The van der Waals surface area contributed by atoms with Crippen LogP contribution in [0.4, 0.5) is 10.1 Å². The van der Waals surface area contributed by atoms with Gasteiger partial charge in [-0.15, -0.1) is 0 Å². The SMILES string of the molecule is CC[C@@H](C(=O)Nc1cc(C)cc(C)c1)N1CCN(Cc2ccc(F)cc2)C(=O)C1=O.